The van der Waals surface area contributed by atoms with Crippen molar-refractivity contribution in [2.45, 2.75) is 52.2 Å². The number of allylic oxidation sites excluding steroid dienone is 4. The molecule has 1 saturated heterocycles. The van der Waals surface area contributed by atoms with Gasteiger partial charge >= 0.3 is 0 Å². The molecule has 180 valence electrons. The fourth-order valence-electron chi connectivity index (χ4n) is 5.18. The first-order valence-corrected chi connectivity index (χ1v) is 12.1. The highest BCUT2D eigenvalue weighted by Crippen LogP contribution is 2.37. The lowest BCUT2D eigenvalue weighted by molar-refractivity contribution is 0.187. The molecule has 0 bridgehead atoms. The van der Waals surface area contributed by atoms with E-state index in [2.05, 4.69) is 54.6 Å². The largest absolute Gasteiger partial charge is 0.391 e. The Labute approximate surface area is 202 Å². The van der Waals surface area contributed by atoms with Crippen LogP contribution in [-0.2, 0) is 0 Å². The van der Waals surface area contributed by atoms with Gasteiger partial charge in [0.2, 0.25) is 0 Å². The van der Waals surface area contributed by atoms with Crippen molar-refractivity contribution < 1.29 is 9.50 Å². The molecule has 0 radical (unpaired) electrons. The van der Waals surface area contributed by atoms with Crippen molar-refractivity contribution in [2.75, 3.05) is 13.1 Å². The molecule has 1 fully saturated rings. The van der Waals surface area contributed by atoms with E-state index in [9.17, 15) is 9.50 Å². The first-order valence-electron chi connectivity index (χ1n) is 12.1. The predicted octanol–water partition coefficient (Wildman–Crippen LogP) is 5.17. The van der Waals surface area contributed by atoms with Crippen molar-refractivity contribution in [3.63, 3.8) is 0 Å². The van der Waals surface area contributed by atoms with Crippen LogP contribution >= 0.6 is 0 Å². The maximum Gasteiger partial charge on any atom is 0.127 e. The van der Waals surface area contributed by atoms with Crippen LogP contribution in [0.5, 0.6) is 0 Å². The molecule has 4 rings (SSSR count). The third kappa shape index (κ3) is 4.87. The van der Waals surface area contributed by atoms with Crippen molar-refractivity contribution >= 4 is 11.4 Å². The van der Waals surface area contributed by atoms with E-state index in [1.54, 1.807) is 6.20 Å². The molecule has 1 aliphatic carbocycles. The van der Waals surface area contributed by atoms with E-state index >= 15 is 0 Å². The van der Waals surface area contributed by atoms with E-state index in [1.807, 2.05) is 24.5 Å². The second kappa shape index (κ2) is 10.4. The highest BCUT2D eigenvalue weighted by molar-refractivity contribution is 5.89. The minimum Gasteiger partial charge on any atom is -0.391 e. The summed E-state index contributed by atoms with van der Waals surface area (Å²) in [6.07, 6.45) is 12.4. The number of aliphatic hydroxyl groups excluding tert-OH is 1. The molecule has 3 aliphatic rings. The summed E-state index contributed by atoms with van der Waals surface area (Å²) in [4.78, 5) is 9.20. The van der Waals surface area contributed by atoms with Crippen LogP contribution in [-0.4, -0.2) is 46.0 Å². The molecule has 2 aliphatic heterocycles. The summed E-state index contributed by atoms with van der Waals surface area (Å²) in [5, 5.41) is 13.4. The van der Waals surface area contributed by atoms with Gasteiger partial charge in [-0.15, -0.1) is 0 Å². The number of hydrogen-bond donors (Lipinski definition) is 2. The lowest BCUT2D eigenvalue weighted by atomic mass is 9.86. The molecule has 1 aromatic rings. The summed E-state index contributed by atoms with van der Waals surface area (Å²) in [6, 6.07) is 6.75. The van der Waals surface area contributed by atoms with Gasteiger partial charge in [-0.05, 0) is 68.2 Å². The van der Waals surface area contributed by atoms with Crippen LogP contribution in [0.4, 0.5) is 4.39 Å². The number of halogens is 1. The van der Waals surface area contributed by atoms with Crippen molar-refractivity contribution in [2.24, 2.45) is 10.9 Å². The Morgan fingerprint density at radius 2 is 2.09 bits per heavy atom. The van der Waals surface area contributed by atoms with Crippen molar-refractivity contribution in [1.29, 1.82) is 0 Å². The highest BCUT2D eigenvalue weighted by Gasteiger charge is 2.33. The second-order valence-electron chi connectivity index (χ2n) is 9.13. The summed E-state index contributed by atoms with van der Waals surface area (Å²) in [5.41, 5.74) is 5.67. The highest BCUT2D eigenvalue weighted by atomic mass is 19.1. The number of β-amino-alcohol motifs (C(OH)–C–C–N with tert-alkyl or cyclic N) is 1. The van der Waals surface area contributed by atoms with E-state index in [-0.39, 0.29) is 23.9 Å². The zero-order valence-corrected chi connectivity index (χ0v) is 20.3. The summed E-state index contributed by atoms with van der Waals surface area (Å²) in [6.45, 7) is 11.7. The normalized spacial score (nSPS) is 25.4. The maximum atomic E-state index is 13.7. The molecular formula is C28H35FN4O. The fourth-order valence-corrected chi connectivity index (χ4v) is 5.18. The quantitative estimate of drug-likeness (QED) is 0.612. The molecule has 34 heavy (non-hydrogen) atoms. The van der Waals surface area contributed by atoms with Crippen LogP contribution in [0, 0.1) is 11.7 Å². The minimum atomic E-state index is -0.306. The molecule has 2 N–H and O–H groups in total. The van der Waals surface area contributed by atoms with Crippen LogP contribution in [0.15, 0.2) is 83.6 Å². The second-order valence-corrected chi connectivity index (χ2v) is 9.13. The molecule has 2 heterocycles. The number of nitrogens with one attached hydrogen (secondary N) is 1. The van der Waals surface area contributed by atoms with Crippen molar-refractivity contribution in [3.05, 3.63) is 89.9 Å². The lowest BCUT2D eigenvalue weighted by Crippen LogP contribution is -2.46. The molecular weight excluding hydrogens is 427 g/mol. The van der Waals surface area contributed by atoms with Crippen LogP contribution in [0.1, 0.15) is 45.6 Å². The molecule has 0 spiro atoms. The fraction of sp³-hybridized carbons (Fsp3) is 0.393. The molecule has 3 unspecified atom stereocenters. The average Bonchev–Trinajstić information content (AvgIpc) is 3.27. The Kier molecular flexibility index (Phi) is 7.37. The van der Waals surface area contributed by atoms with E-state index in [0.29, 0.717) is 6.54 Å². The summed E-state index contributed by atoms with van der Waals surface area (Å²) in [7, 11) is 0. The Balaban J connectivity index is 1.75. The number of rotatable bonds is 6. The first-order chi connectivity index (χ1) is 16.4. The van der Waals surface area contributed by atoms with Gasteiger partial charge in [0.25, 0.3) is 0 Å². The molecule has 6 heteroatoms. The van der Waals surface area contributed by atoms with Gasteiger partial charge in [0, 0.05) is 42.8 Å². The number of hydrogen-bond acceptors (Lipinski definition) is 5. The van der Waals surface area contributed by atoms with Gasteiger partial charge in [0.15, 0.2) is 0 Å². The molecule has 3 atom stereocenters. The Morgan fingerprint density at radius 1 is 1.32 bits per heavy atom. The van der Waals surface area contributed by atoms with Gasteiger partial charge in [-0.2, -0.15) is 0 Å². The first kappa shape index (κ1) is 24.0. The van der Waals surface area contributed by atoms with Gasteiger partial charge in [0.1, 0.15) is 11.7 Å². The zero-order valence-electron chi connectivity index (χ0n) is 20.3. The molecule has 0 amide bonds. The maximum absolute atomic E-state index is 13.7. The number of amidine groups is 1. The van der Waals surface area contributed by atoms with Crippen LogP contribution in [0.3, 0.4) is 0 Å². The minimum absolute atomic E-state index is 0.0100. The number of benzene rings is 1. The average molecular weight is 463 g/mol. The molecule has 5 nitrogen and oxygen atoms in total. The van der Waals surface area contributed by atoms with E-state index in [0.717, 1.165) is 48.5 Å². The number of aliphatic hydroxyl groups is 1. The van der Waals surface area contributed by atoms with Crippen LogP contribution < -0.4 is 5.32 Å². The Hall–Kier alpha value is -3.12. The molecule has 0 saturated carbocycles. The smallest absolute Gasteiger partial charge is 0.127 e. The monoisotopic (exact) mass is 462 g/mol. The van der Waals surface area contributed by atoms with Gasteiger partial charge < -0.3 is 20.2 Å². The van der Waals surface area contributed by atoms with Crippen molar-refractivity contribution in [3.8, 4) is 0 Å². The number of likely N-dealkylation sites (tertiary alicyclic amines) is 1. The third-order valence-corrected chi connectivity index (χ3v) is 6.97. The summed E-state index contributed by atoms with van der Waals surface area (Å²) < 4.78 is 13.7. The van der Waals surface area contributed by atoms with Crippen molar-refractivity contribution in [1.82, 2.24) is 15.1 Å². The Morgan fingerprint density at radius 3 is 2.74 bits per heavy atom. The lowest BCUT2D eigenvalue weighted by Gasteiger charge is -2.40. The predicted molar refractivity (Wildman–Crippen MR) is 137 cm³/mol. The van der Waals surface area contributed by atoms with E-state index in [1.165, 1.54) is 23.4 Å². The van der Waals surface area contributed by atoms with Crippen LogP contribution in [0.2, 0.25) is 0 Å². The zero-order chi connectivity index (χ0) is 24.2. The third-order valence-electron chi connectivity index (χ3n) is 6.97. The SMILES string of the molecule is C=CNC1=CCC(/C(=C(/C)c2ccc(F)cc2)N2C=CN=C(N3CCC(O)C3)C2C)C=C1CC. The number of nitrogens with zero attached hydrogens (tertiary/aromatic N) is 3. The van der Waals surface area contributed by atoms with Gasteiger partial charge in [0.05, 0.1) is 12.1 Å². The van der Waals surface area contributed by atoms with Gasteiger partial charge in [-0.3, -0.25) is 0 Å². The summed E-state index contributed by atoms with van der Waals surface area (Å²) >= 11 is 0. The topological polar surface area (TPSA) is 51.1 Å². The van der Waals surface area contributed by atoms with Gasteiger partial charge in [-0.25, -0.2) is 9.38 Å². The van der Waals surface area contributed by atoms with Crippen LogP contribution in [0.25, 0.3) is 5.57 Å². The van der Waals surface area contributed by atoms with E-state index < -0.39 is 0 Å². The Bertz CT molecular complexity index is 1070. The van der Waals surface area contributed by atoms with Gasteiger partial charge in [-0.1, -0.05) is 37.8 Å². The standard InChI is InChI=1S/C28H35FN4O/c1-5-21-17-23(9-12-26(21)30-6-2)27(19(3)22-7-10-24(29)11-8-22)33-16-14-31-28(20(33)4)32-15-13-25(34)18-32/h6-8,10-12,14,16-17,20,23,25,30,34H,2,5,9,13,15,18H2,1,3-4H3/b27-19+. The molecule has 1 aromatic carbocycles. The number of aliphatic imine (C=N–C) groups is 1. The molecule has 0 aromatic heterocycles. The summed E-state index contributed by atoms with van der Waals surface area (Å²) in [5.74, 6) is 0.898. The van der Waals surface area contributed by atoms with E-state index in [4.69, 9.17) is 4.99 Å².